The zero-order valence-electron chi connectivity index (χ0n) is 12.0. The summed E-state index contributed by atoms with van der Waals surface area (Å²) in [4.78, 5) is 12.0. The molecule has 110 valence electrons. The maximum atomic E-state index is 12.0. The third-order valence-electron chi connectivity index (χ3n) is 3.65. The molecule has 0 saturated heterocycles. The lowest BCUT2D eigenvalue weighted by molar-refractivity contribution is -0.120. The van der Waals surface area contributed by atoms with E-state index in [1.807, 2.05) is 24.3 Å². The summed E-state index contributed by atoms with van der Waals surface area (Å²) in [7, 11) is 1.62. The van der Waals surface area contributed by atoms with Gasteiger partial charge in [0.05, 0.1) is 20.1 Å². The second-order valence-corrected chi connectivity index (χ2v) is 5.09. The van der Waals surface area contributed by atoms with Crippen molar-refractivity contribution < 1.29 is 9.53 Å². The Bertz CT molecular complexity index is 634. The summed E-state index contributed by atoms with van der Waals surface area (Å²) in [6.07, 6.45) is 2.44. The van der Waals surface area contributed by atoms with Crippen LogP contribution in [-0.2, 0) is 30.7 Å². The Balaban J connectivity index is 1.54. The number of amides is 1. The molecule has 0 radical (unpaired) electrons. The Kier molecular flexibility index (Phi) is 3.85. The van der Waals surface area contributed by atoms with Crippen LogP contribution in [0.15, 0.2) is 24.3 Å². The summed E-state index contributed by atoms with van der Waals surface area (Å²) in [5, 5.41) is 11.1. The predicted molar refractivity (Wildman–Crippen MR) is 76.9 cm³/mol. The van der Waals surface area contributed by atoms with Crippen molar-refractivity contribution in [1.29, 1.82) is 0 Å². The summed E-state index contributed by atoms with van der Waals surface area (Å²) >= 11 is 0. The Morgan fingerprint density at radius 2 is 2.14 bits per heavy atom. The Hall–Kier alpha value is -2.37. The van der Waals surface area contributed by atoms with Crippen molar-refractivity contribution in [1.82, 2.24) is 20.1 Å². The normalized spacial score (nSPS) is 13.0. The van der Waals surface area contributed by atoms with Crippen molar-refractivity contribution in [3.63, 3.8) is 0 Å². The van der Waals surface area contributed by atoms with Crippen LogP contribution < -0.4 is 10.1 Å². The number of rotatable bonds is 5. The molecule has 0 spiro atoms. The number of nitrogens with one attached hydrogen (secondary N) is 1. The molecular formula is C15H18N4O2. The number of ether oxygens (including phenoxy) is 1. The summed E-state index contributed by atoms with van der Waals surface area (Å²) in [6, 6.07) is 7.50. The Morgan fingerprint density at radius 3 is 2.90 bits per heavy atom. The van der Waals surface area contributed by atoms with Gasteiger partial charge >= 0.3 is 0 Å². The van der Waals surface area contributed by atoms with Crippen LogP contribution in [0.1, 0.15) is 23.6 Å². The van der Waals surface area contributed by atoms with Gasteiger partial charge in [0.25, 0.3) is 0 Å². The predicted octanol–water partition coefficient (Wildman–Crippen LogP) is 1.09. The number of hydrogen-bond donors (Lipinski definition) is 1. The fraction of sp³-hybridized carbons (Fsp3) is 0.400. The summed E-state index contributed by atoms with van der Waals surface area (Å²) in [6.45, 7) is 1.38. The highest BCUT2D eigenvalue weighted by molar-refractivity contribution is 5.78. The van der Waals surface area contributed by atoms with Gasteiger partial charge in [-0.1, -0.05) is 12.1 Å². The van der Waals surface area contributed by atoms with E-state index in [1.165, 1.54) is 0 Å². The highest BCUT2D eigenvalue weighted by Gasteiger charge is 2.17. The quantitative estimate of drug-likeness (QED) is 0.893. The number of aromatic nitrogens is 3. The summed E-state index contributed by atoms with van der Waals surface area (Å²) in [5.74, 6) is 2.63. The molecule has 3 rings (SSSR count). The van der Waals surface area contributed by atoms with Crippen LogP contribution in [0.2, 0.25) is 0 Å². The Labute approximate surface area is 123 Å². The first kappa shape index (κ1) is 13.6. The van der Waals surface area contributed by atoms with Crippen molar-refractivity contribution in [2.24, 2.45) is 0 Å². The lowest BCUT2D eigenvalue weighted by Gasteiger charge is -2.06. The van der Waals surface area contributed by atoms with E-state index in [4.69, 9.17) is 4.74 Å². The van der Waals surface area contributed by atoms with Crippen LogP contribution >= 0.6 is 0 Å². The average molecular weight is 286 g/mol. The van der Waals surface area contributed by atoms with Gasteiger partial charge in [0, 0.05) is 13.0 Å². The minimum Gasteiger partial charge on any atom is -0.497 e. The first-order valence-electron chi connectivity index (χ1n) is 7.07. The minimum atomic E-state index is -0.0180. The second-order valence-electron chi connectivity index (χ2n) is 5.09. The van der Waals surface area contributed by atoms with Crippen LogP contribution in [-0.4, -0.2) is 27.8 Å². The SMILES string of the molecule is COc1ccc(CC(=O)NCc2nnc3n2CCC3)cc1. The van der Waals surface area contributed by atoms with Gasteiger partial charge in [0.15, 0.2) is 5.82 Å². The molecule has 2 heterocycles. The van der Waals surface area contributed by atoms with Crippen LogP contribution in [0, 0.1) is 0 Å². The van der Waals surface area contributed by atoms with Crippen LogP contribution in [0.5, 0.6) is 5.75 Å². The number of aryl methyl sites for hydroxylation is 1. The van der Waals surface area contributed by atoms with Crippen molar-refractivity contribution in [2.45, 2.75) is 32.4 Å². The van der Waals surface area contributed by atoms with Crippen LogP contribution in [0.4, 0.5) is 0 Å². The van der Waals surface area contributed by atoms with Crippen LogP contribution in [0.25, 0.3) is 0 Å². The zero-order valence-corrected chi connectivity index (χ0v) is 12.0. The van der Waals surface area contributed by atoms with E-state index in [2.05, 4.69) is 20.1 Å². The zero-order chi connectivity index (χ0) is 14.7. The standard InChI is InChI=1S/C15H18N4O2/c1-21-12-6-4-11(5-7-12)9-15(20)16-10-14-18-17-13-3-2-8-19(13)14/h4-7H,2-3,8-10H2,1H3,(H,16,20). The van der Waals surface area contributed by atoms with Gasteiger partial charge in [-0.2, -0.15) is 0 Å². The lowest BCUT2D eigenvalue weighted by atomic mass is 10.1. The molecule has 1 N–H and O–H groups in total. The molecule has 1 aromatic carbocycles. The largest absolute Gasteiger partial charge is 0.497 e. The molecule has 0 aliphatic carbocycles. The van der Waals surface area contributed by atoms with Crippen molar-refractivity contribution in [3.05, 3.63) is 41.5 Å². The van der Waals surface area contributed by atoms with Gasteiger partial charge in [0.2, 0.25) is 5.91 Å². The van der Waals surface area contributed by atoms with E-state index in [0.717, 1.165) is 42.3 Å². The molecule has 1 aliphatic heterocycles. The number of fused-ring (bicyclic) bond motifs is 1. The summed E-state index contributed by atoms with van der Waals surface area (Å²) in [5.41, 5.74) is 0.958. The molecule has 6 nitrogen and oxygen atoms in total. The van der Waals surface area contributed by atoms with E-state index >= 15 is 0 Å². The maximum Gasteiger partial charge on any atom is 0.224 e. The first-order valence-corrected chi connectivity index (χ1v) is 7.07. The van der Waals surface area contributed by atoms with Gasteiger partial charge in [-0.25, -0.2) is 0 Å². The molecule has 1 amide bonds. The smallest absolute Gasteiger partial charge is 0.224 e. The highest BCUT2D eigenvalue weighted by atomic mass is 16.5. The van der Waals surface area contributed by atoms with Gasteiger partial charge < -0.3 is 14.6 Å². The number of carbonyl (C=O) groups excluding carboxylic acids is 1. The number of carbonyl (C=O) groups is 1. The molecule has 0 fully saturated rings. The molecule has 6 heteroatoms. The monoisotopic (exact) mass is 286 g/mol. The van der Waals surface area contributed by atoms with Crippen molar-refractivity contribution in [3.8, 4) is 5.75 Å². The van der Waals surface area contributed by atoms with Gasteiger partial charge in [-0.15, -0.1) is 10.2 Å². The molecule has 1 aliphatic rings. The second kappa shape index (κ2) is 5.95. The molecule has 21 heavy (non-hydrogen) atoms. The third-order valence-corrected chi connectivity index (χ3v) is 3.65. The lowest BCUT2D eigenvalue weighted by Crippen LogP contribution is -2.26. The van der Waals surface area contributed by atoms with E-state index < -0.39 is 0 Å². The van der Waals surface area contributed by atoms with Gasteiger partial charge in [-0.3, -0.25) is 4.79 Å². The Morgan fingerprint density at radius 1 is 1.33 bits per heavy atom. The topological polar surface area (TPSA) is 69.0 Å². The fourth-order valence-corrected chi connectivity index (χ4v) is 2.51. The highest BCUT2D eigenvalue weighted by Crippen LogP contribution is 2.14. The molecule has 0 bridgehead atoms. The molecule has 2 aromatic rings. The third kappa shape index (κ3) is 3.04. The number of nitrogens with zero attached hydrogens (tertiary/aromatic N) is 3. The number of hydrogen-bond acceptors (Lipinski definition) is 4. The van der Waals surface area contributed by atoms with E-state index in [1.54, 1.807) is 7.11 Å². The molecule has 1 aromatic heterocycles. The molecule has 0 saturated carbocycles. The molecular weight excluding hydrogens is 268 g/mol. The first-order chi connectivity index (χ1) is 10.3. The summed E-state index contributed by atoms with van der Waals surface area (Å²) < 4.78 is 7.19. The van der Waals surface area contributed by atoms with Crippen molar-refractivity contribution in [2.75, 3.05) is 7.11 Å². The van der Waals surface area contributed by atoms with Gasteiger partial charge in [-0.05, 0) is 24.1 Å². The van der Waals surface area contributed by atoms with E-state index in [0.29, 0.717) is 13.0 Å². The van der Waals surface area contributed by atoms with Crippen LogP contribution in [0.3, 0.4) is 0 Å². The minimum absolute atomic E-state index is 0.0180. The fourth-order valence-electron chi connectivity index (χ4n) is 2.51. The van der Waals surface area contributed by atoms with E-state index in [9.17, 15) is 4.79 Å². The van der Waals surface area contributed by atoms with E-state index in [-0.39, 0.29) is 5.91 Å². The number of methoxy groups -OCH3 is 1. The van der Waals surface area contributed by atoms with Gasteiger partial charge in [0.1, 0.15) is 11.6 Å². The molecule has 0 atom stereocenters. The number of benzene rings is 1. The average Bonchev–Trinajstić information content (AvgIpc) is 3.09. The van der Waals surface area contributed by atoms with Crippen molar-refractivity contribution >= 4 is 5.91 Å². The molecule has 0 unspecified atom stereocenters. The maximum absolute atomic E-state index is 12.0.